The van der Waals surface area contributed by atoms with Gasteiger partial charge in [0.2, 0.25) is 0 Å². The van der Waals surface area contributed by atoms with Crippen molar-refractivity contribution < 1.29 is 33.4 Å². The molecule has 3 amide bonds. The third-order valence-corrected chi connectivity index (χ3v) is 3.73. The average molecular weight is 421 g/mol. The van der Waals surface area contributed by atoms with Gasteiger partial charge in [-0.2, -0.15) is 0 Å². The van der Waals surface area contributed by atoms with Gasteiger partial charge in [-0.15, -0.1) is 0 Å². The van der Waals surface area contributed by atoms with E-state index in [1.807, 2.05) is 0 Å². The molecule has 0 unspecified atom stereocenters. The van der Waals surface area contributed by atoms with Crippen LogP contribution in [0.4, 0.5) is 0 Å². The summed E-state index contributed by atoms with van der Waals surface area (Å²) >= 11 is 6.05. The lowest BCUT2D eigenvalue weighted by Gasteiger charge is -2.13. The zero-order valence-corrected chi connectivity index (χ0v) is 16.0. The molecule has 29 heavy (non-hydrogen) atoms. The molecule has 10 heteroatoms. The molecule has 0 saturated heterocycles. The van der Waals surface area contributed by atoms with Gasteiger partial charge in [-0.05, 0) is 24.3 Å². The maximum atomic E-state index is 12.2. The Bertz CT molecular complexity index is 932. The van der Waals surface area contributed by atoms with E-state index in [1.54, 1.807) is 18.2 Å². The van der Waals surface area contributed by atoms with Crippen LogP contribution < -0.4 is 20.5 Å². The highest BCUT2D eigenvalue weighted by atomic mass is 35.5. The lowest BCUT2D eigenvalue weighted by molar-refractivity contribution is -0.123. The minimum absolute atomic E-state index is 0.0238. The second-order valence-corrected chi connectivity index (χ2v) is 5.97. The maximum absolute atomic E-state index is 12.2. The van der Waals surface area contributed by atoms with E-state index in [2.05, 4.69) is 5.32 Å². The summed E-state index contributed by atoms with van der Waals surface area (Å²) in [6, 6.07) is 10.6. The van der Waals surface area contributed by atoms with Gasteiger partial charge < -0.3 is 19.9 Å². The SMILES string of the molecule is COc1cc(C(=O)OCC(=O)NC(=O)c2ccccc2)cc(Cl)c1OCC(N)=O. The van der Waals surface area contributed by atoms with Gasteiger partial charge in [0, 0.05) is 5.56 Å². The number of primary amides is 1. The van der Waals surface area contributed by atoms with E-state index >= 15 is 0 Å². The van der Waals surface area contributed by atoms with Gasteiger partial charge in [0.25, 0.3) is 17.7 Å². The largest absolute Gasteiger partial charge is 0.493 e. The van der Waals surface area contributed by atoms with Crippen molar-refractivity contribution in [3.05, 3.63) is 58.6 Å². The highest BCUT2D eigenvalue weighted by molar-refractivity contribution is 6.32. The Labute approximate surface area is 170 Å². The quantitative estimate of drug-likeness (QED) is 0.615. The number of imide groups is 1. The van der Waals surface area contributed by atoms with Crippen molar-refractivity contribution in [2.45, 2.75) is 0 Å². The van der Waals surface area contributed by atoms with Crippen molar-refractivity contribution >= 4 is 35.3 Å². The van der Waals surface area contributed by atoms with Gasteiger partial charge in [0.15, 0.2) is 24.7 Å². The van der Waals surface area contributed by atoms with E-state index in [-0.39, 0.29) is 27.6 Å². The number of hydrogen-bond acceptors (Lipinski definition) is 7. The summed E-state index contributed by atoms with van der Waals surface area (Å²) in [4.78, 5) is 46.8. The van der Waals surface area contributed by atoms with E-state index in [0.29, 0.717) is 0 Å². The van der Waals surface area contributed by atoms with Crippen LogP contribution in [0.3, 0.4) is 0 Å². The third-order valence-electron chi connectivity index (χ3n) is 3.45. The molecule has 0 saturated carbocycles. The summed E-state index contributed by atoms with van der Waals surface area (Å²) in [5.74, 6) is -2.93. The van der Waals surface area contributed by atoms with Crippen LogP contribution in [-0.4, -0.2) is 44.0 Å². The van der Waals surface area contributed by atoms with Crippen LogP contribution >= 0.6 is 11.6 Å². The van der Waals surface area contributed by atoms with Gasteiger partial charge >= 0.3 is 5.97 Å². The van der Waals surface area contributed by atoms with Crippen LogP contribution in [0.1, 0.15) is 20.7 Å². The molecule has 0 aliphatic rings. The fraction of sp³-hybridized carbons (Fsp3) is 0.158. The van der Waals surface area contributed by atoms with Crippen molar-refractivity contribution in [2.75, 3.05) is 20.3 Å². The highest BCUT2D eigenvalue weighted by Crippen LogP contribution is 2.36. The summed E-state index contributed by atoms with van der Waals surface area (Å²) in [7, 11) is 1.31. The predicted molar refractivity (Wildman–Crippen MR) is 102 cm³/mol. The van der Waals surface area contributed by atoms with Crippen LogP contribution in [0.25, 0.3) is 0 Å². The second kappa shape index (κ2) is 10.1. The van der Waals surface area contributed by atoms with Crippen LogP contribution in [0.2, 0.25) is 5.02 Å². The van der Waals surface area contributed by atoms with Gasteiger partial charge in [-0.25, -0.2) is 4.79 Å². The average Bonchev–Trinajstić information content (AvgIpc) is 2.70. The monoisotopic (exact) mass is 420 g/mol. The highest BCUT2D eigenvalue weighted by Gasteiger charge is 2.19. The predicted octanol–water partition coefficient (Wildman–Crippen LogP) is 1.33. The Morgan fingerprint density at radius 3 is 2.34 bits per heavy atom. The molecule has 152 valence electrons. The molecule has 0 radical (unpaired) electrons. The number of methoxy groups -OCH3 is 1. The first-order chi connectivity index (χ1) is 13.8. The molecule has 2 rings (SSSR count). The molecule has 0 spiro atoms. The lowest BCUT2D eigenvalue weighted by Crippen LogP contribution is -2.34. The molecule has 0 atom stereocenters. The van der Waals surface area contributed by atoms with Gasteiger partial charge in [-0.3, -0.25) is 19.7 Å². The van der Waals surface area contributed by atoms with Gasteiger partial charge in [-0.1, -0.05) is 29.8 Å². The molecule has 0 heterocycles. The van der Waals surface area contributed by atoms with Crippen LogP contribution in [0.5, 0.6) is 11.5 Å². The van der Waals surface area contributed by atoms with E-state index < -0.39 is 36.9 Å². The van der Waals surface area contributed by atoms with Gasteiger partial charge in [0.05, 0.1) is 17.7 Å². The Morgan fingerprint density at radius 2 is 1.72 bits per heavy atom. The Balaban J connectivity index is 1.99. The molecule has 9 nitrogen and oxygen atoms in total. The number of benzene rings is 2. The van der Waals surface area contributed by atoms with Crippen molar-refractivity contribution in [3.8, 4) is 11.5 Å². The maximum Gasteiger partial charge on any atom is 0.338 e. The molecular formula is C19H17ClN2O7. The van der Waals surface area contributed by atoms with Crippen LogP contribution in [0.15, 0.2) is 42.5 Å². The summed E-state index contributed by atoms with van der Waals surface area (Å²) in [5.41, 5.74) is 5.28. The first-order valence-corrected chi connectivity index (χ1v) is 8.54. The molecule has 3 N–H and O–H groups in total. The third kappa shape index (κ3) is 6.22. The molecular weight excluding hydrogens is 404 g/mol. The van der Waals surface area contributed by atoms with Crippen molar-refractivity contribution in [2.24, 2.45) is 5.73 Å². The minimum Gasteiger partial charge on any atom is -0.493 e. The molecule has 0 fully saturated rings. The number of amides is 3. The standard InChI is InChI=1S/C19H17ClN2O7/c1-27-14-8-12(7-13(20)17(14)28-9-15(21)23)19(26)29-10-16(24)22-18(25)11-5-3-2-4-6-11/h2-8H,9-10H2,1H3,(H2,21,23)(H,22,24,25). The molecule has 0 bridgehead atoms. The number of esters is 1. The van der Waals surface area contributed by atoms with E-state index in [4.69, 9.17) is 31.5 Å². The first-order valence-electron chi connectivity index (χ1n) is 8.16. The summed E-state index contributed by atoms with van der Waals surface area (Å²) < 4.78 is 15.1. The molecule has 0 aliphatic heterocycles. The topological polar surface area (TPSA) is 134 Å². The summed E-state index contributed by atoms with van der Waals surface area (Å²) in [6.07, 6.45) is 0. The number of halogens is 1. The molecule has 0 aromatic heterocycles. The molecule has 2 aromatic carbocycles. The van der Waals surface area contributed by atoms with Gasteiger partial charge in [0.1, 0.15) is 0 Å². The van der Waals surface area contributed by atoms with Crippen LogP contribution in [-0.2, 0) is 14.3 Å². The van der Waals surface area contributed by atoms with E-state index in [9.17, 15) is 19.2 Å². The smallest absolute Gasteiger partial charge is 0.338 e. The Kier molecular flexibility index (Phi) is 7.55. The van der Waals surface area contributed by atoms with Crippen molar-refractivity contribution in [1.82, 2.24) is 5.32 Å². The number of carbonyl (C=O) groups is 4. The minimum atomic E-state index is -0.881. The fourth-order valence-corrected chi connectivity index (χ4v) is 2.43. The first kappa shape index (κ1) is 21.7. The van der Waals surface area contributed by atoms with E-state index in [1.165, 1.54) is 31.4 Å². The normalized spacial score (nSPS) is 10.0. The number of nitrogens with two attached hydrogens (primary N) is 1. The molecule has 2 aromatic rings. The summed E-state index contributed by atoms with van der Waals surface area (Å²) in [6.45, 7) is -1.12. The van der Waals surface area contributed by atoms with E-state index in [0.717, 1.165) is 0 Å². The Morgan fingerprint density at radius 1 is 1.03 bits per heavy atom. The van der Waals surface area contributed by atoms with Crippen molar-refractivity contribution in [1.29, 1.82) is 0 Å². The number of carbonyl (C=O) groups excluding carboxylic acids is 4. The number of nitrogens with one attached hydrogen (secondary N) is 1. The van der Waals surface area contributed by atoms with Crippen molar-refractivity contribution in [3.63, 3.8) is 0 Å². The number of ether oxygens (including phenoxy) is 3. The zero-order chi connectivity index (χ0) is 21.4. The molecule has 0 aliphatic carbocycles. The second-order valence-electron chi connectivity index (χ2n) is 5.56. The zero-order valence-electron chi connectivity index (χ0n) is 15.3. The number of rotatable bonds is 8. The van der Waals surface area contributed by atoms with Crippen LogP contribution in [0, 0.1) is 0 Å². The fourth-order valence-electron chi connectivity index (χ4n) is 2.16. The summed E-state index contributed by atoms with van der Waals surface area (Å²) in [5, 5.41) is 2.08. The lowest BCUT2D eigenvalue weighted by atomic mass is 10.2. The Hall–Kier alpha value is -3.59. The number of hydrogen-bond donors (Lipinski definition) is 2.